The second kappa shape index (κ2) is 7.67. The lowest BCUT2D eigenvalue weighted by atomic mass is 10.1. The number of fused-ring (bicyclic) bond motifs is 1. The Morgan fingerprint density at radius 1 is 1.21 bits per heavy atom. The minimum absolute atomic E-state index is 0.0621. The standard InChI is InChI=1S/C20H20N2O6S/c1-4-18-17(16-7-5-6-8-19(16)28-18)12-21(2)20(23)13-9-14(22(24)25)11-15(10-13)29(3,26)27/h5-11H,4,12H2,1-3H3. The number of nitro benzene ring substituents is 1. The first-order valence-corrected chi connectivity index (χ1v) is 10.7. The van der Waals surface area contributed by atoms with Crippen molar-refractivity contribution in [2.45, 2.75) is 24.8 Å². The summed E-state index contributed by atoms with van der Waals surface area (Å²) >= 11 is 0. The van der Waals surface area contributed by atoms with E-state index >= 15 is 0 Å². The molecule has 1 amide bonds. The number of non-ortho nitro benzene ring substituents is 1. The normalized spacial score (nSPS) is 11.6. The summed E-state index contributed by atoms with van der Waals surface area (Å²) in [6.07, 6.45) is 1.58. The third kappa shape index (κ3) is 4.14. The molecule has 9 heteroatoms. The summed E-state index contributed by atoms with van der Waals surface area (Å²) in [4.78, 5) is 24.5. The van der Waals surface area contributed by atoms with Gasteiger partial charge in [0.15, 0.2) is 9.84 Å². The number of carbonyl (C=O) groups excluding carboxylic acids is 1. The number of carbonyl (C=O) groups is 1. The van der Waals surface area contributed by atoms with Crippen LogP contribution in [0.2, 0.25) is 0 Å². The molecule has 0 atom stereocenters. The second-order valence-corrected chi connectivity index (χ2v) is 8.78. The van der Waals surface area contributed by atoms with E-state index in [9.17, 15) is 23.3 Å². The highest BCUT2D eigenvalue weighted by molar-refractivity contribution is 7.90. The van der Waals surface area contributed by atoms with E-state index in [1.807, 2.05) is 31.2 Å². The quantitative estimate of drug-likeness (QED) is 0.449. The van der Waals surface area contributed by atoms with Crippen LogP contribution < -0.4 is 0 Å². The summed E-state index contributed by atoms with van der Waals surface area (Å²) in [5.41, 5.74) is 1.06. The number of benzene rings is 2. The van der Waals surface area contributed by atoms with Crippen LogP contribution in [0.4, 0.5) is 5.69 Å². The molecule has 0 bridgehead atoms. The van der Waals surface area contributed by atoms with Gasteiger partial charge >= 0.3 is 0 Å². The fourth-order valence-corrected chi connectivity index (χ4v) is 3.84. The van der Waals surface area contributed by atoms with Crippen LogP contribution in [-0.4, -0.2) is 37.5 Å². The van der Waals surface area contributed by atoms with Gasteiger partial charge in [-0.25, -0.2) is 8.42 Å². The van der Waals surface area contributed by atoms with Crippen molar-refractivity contribution in [3.63, 3.8) is 0 Å². The van der Waals surface area contributed by atoms with Crippen molar-refractivity contribution in [2.75, 3.05) is 13.3 Å². The maximum atomic E-state index is 12.9. The van der Waals surface area contributed by atoms with Crippen LogP contribution in [0.25, 0.3) is 11.0 Å². The predicted molar refractivity (Wildman–Crippen MR) is 108 cm³/mol. The van der Waals surface area contributed by atoms with Gasteiger partial charge in [-0.2, -0.15) is 0 Å². The first-order valence-electron chi connectivity index (χ1n) is 8.86. The Hall–Kier alpha value is -3.20. The number of furan rings is 1. The summed E-state index contributed by atoms with van der Waals surface area (Å²) in [6, 6.07) is 10.7. The number of nitro groups is 1. The van der Waals surface area contributed by atoms with E-state index < -0.39 is 26.4 Å². The molecule has 1 heterocycles. The smallest absolute Gasteiger partial charge is 0.271 e. The topological polar surface area (TPSA) is 111 Å². The average Bonchev–Trinajstić information content (AvgIpc) is 3.04. The van der Waals surface area contributed by atoms with E-state index in [1.54, 1.807) is 7.05 Å². The van der Waals surface area contributed by atoms with Crippen LogP contribution >= 0.6 is 0 Å². The van der Waals surface area contributed by atoms with Gasteiger partial charge in [0.2, 0.25) is 0 Å². The Labute approximate surface area is 167 Å². The summed E-state index contributed by atoms with van der Waals surface area (Å²) in [6.45, 7) is 2.16. The van der Waals surface area contributed by atoms with Crippen molar-refractivity contribution in [3.8, 4) is 0 Å². The highest BCUT2D eigenvalue weighted by atomic mass is 32.2. The first-order chi connectivity index (χ1) is 13.6. The maximum absolute atomic E-state index is 12.9. The molecule has 0 unspecified atom stereocenters. The van der Waals surface area contributed by atoms with Gasteiger partial charge in [-0.3, -0.25) is 14.9 Å². The summed E-state index contributed by atoms with van der Waals surface area (Å²) < 4.78 is 29.6. The molecule has 0 saturated carbocycles. The molecule has 8 nitrogen and oxygen atoms in total. The van der Waals surface area contributed by atoms with Crippen LogP contribution in [0.1, 0.15) is 28.6 Å². The first kappa shape index (κ1) is 20.5. The molecular weight excluding hydrogens is 396 g/mol. The van der Waals surface area contributed by atoms with Crippen molar-refractivity contribution in [2.24, 2.45) is 0 Å². The Kier molecular flexibility index (Phi) is 5.43. The number of rotatable bonds is 6. The lowest BCUT2D eigenvalue weighted by Gasteiger charge is -2.18. The lowest BCUT2D eigenvalue weighted by molar-refractivity contribution is -0.385. The summed E-state index contributed by atoms with van der Waals surface area (Å²) in [5.74, 6) is 0.229. The molecule has 0 aliphatic carbocycles. The molecule has 3 aromatic rings. The molecule has 0 fully saturated rings. The third-order valence-corrected chi connectivity index (χ3v) is 5.71. The molecule has 0 spiro atoms. The number of sulfone groups is 1. The Balaban J connectivity index is 1.99. The second-order valence-electron chi connectivity index (χ2n) is 6.76. The number of nitrogens with zero attached hydrogens (tertiary/aromatic N) is 2. The minimum atomic E-state index is -3.72. The number of aryl methyl sites for hydroxylation is 1. The van der Waals surface area contributed by atoms with Gasteiger partial charge in [-0.05, 0) is 12.1 Å². The zero-order valence-corrected chi connectivity index (χ0v) is 17.0. The molecule has 3 rings (SSSR count). The van der Waals surface area contributed by atoms with E-state index in [0.29, 0.717) is 6.42 Å². The van der Waals surface area contributed by atoms with Gasteiger partial charge in [0.1, 0.15) is 11.3 Å². The average molecular weight is 416 g/mol. The molecule has 0 N–H and O–H groups in total. The van der Waals surface area contributed by atoms with Crippen molar-refractivity contribution in [1.29, 1.82) is 0 Å². The van der Waals surface area contributed by atoms with Crippen LogP contribution in [0, 0.1) is 10.1 Å². The molecule has 0 aliphatic rings. The van der Waals surface area contributed by atoms with Crippen LogP contribution in [0.5, 0.6) is 0 Å². The fraction of sp³-hybridized carbons (Fsp3) is 0.250. The Morgan fingerprint density at radius 3 is 2.52 bits per heavy atom. The Morgan fingerprint density at radius 2 is 1.90 bits per heavy atom. The van der Waals surface area contributed by atoms with Crippen molar-refractivity contribution >= 4 is 32.4 Å². The van der Waals surface area contributed by atoms with Gasteiger partial charge < -0.3 is 9.32 Å². The molecule has 152 valence electrons. The molecule has 29 heavy (non-hydrogen) atoms. The minimum Gasteiger partial charge on any atom is -0.461 e. The van der Waals surface area contributed by atoms with E-state index in [2.05, 4.69) is 0 Å². The van der Waals surface area contributed by atoms with E-state index in [0.717, 1.165) is 46.7 Å². The fourth-order valence-electron chi connectivity index (χ4n) is 3.16. The van der Waals surface area contributed by atoms with Crippen LogP contribution in [0.15, 0.2) is 51.8 Å². The van der Waals surface area contributed by atoms with Crippen molar-refractivity contribution < 1.29 is 22.6 Å². The number of amides is 1. The van der Waals surface area contributed by atoms with E-state index in [-0.39, 0.29) is 17.0 Å². The van der Waals surface area contributed by atoms with E-state index in [1.165, 1.54) is 4.90 Å². The zero-order chi connectivity index (χ0) is 21.3. The number of hydrogen-bond acceptors (Lipinski definition) is 6. The highest BCUT2D eigenvalue weighted by Crippen LogP contribution is 2.28. The number of hydrogen-bond donors (Lipinski definition) is 0. The highest BCUT2D eigenvalue weighted by Gasteiger charge is 2.23. The van der Waals surface area contributed by atoms with Gasteiger partial charge in [0.05, 0.1) is 9.82 Å². The van der Waals surface area contributed by atoms with Crippen molar-refractivity contribution in [3.05, 3.63) is 69.5 Å². The molecule has 0 aliphatic heterocycles. The van der Waals surface area contributed by atoms with Crippen molar-refractivity contribution in [1.82, 2.24) is 4.90 Å². The van der Waals surface area contributed by atoms with Gasteiger partial charge in [0.25, 0.3) is 11.6 Å². The predicted octanol–water partition coefficient (Wildman–Crippen LogP) is 3.58. The Bertz CT molecular complexity index is 1210. The molecule has 2 aromatic carbocycles. The SMILES string of the molecule is CCc1oc2ccccc2c1CN(C)C(=O)c1cc([N+](=O)[O-])cc(S(C)(=O)=O)c1. The van der Waals surface area contributed by atoms with Gasteiger partial charge in [-0.1, -0.05) is 25.1 Å². The van der Waals surface area contributed by atoms with Crippen LogP contribution in [-0.2, 0) is 22.8 Å². The summed E-state index contributed by atoms with van der Waals surface area (Å²) in [5, 5.41) is 12.1. The molecule has 0 saturated heterocycles. The summed E-state index contributed by atoms with van der Waals surface area (Å²) in [7, 11) is -2.16. The van der Waals surface area contributed by atoms with Gasteiger partial charge in [0, 0.05) is 54.9 Å². The van der Waals surface area contributed by atoms with Crippen LogP contribution in [0.3, 0.4) is 0 Å². The zero-order valence-electron chi connectivity index (χ0n) is 16.2. The van der Waals surface area contributed by atoms with E-state index in [4.69, 9.17) is 4.42 Å². The molecular formula is C20H20N2O6S. The number of para-hydroxylation sites is 1. The maximum Gasteiger partial charge on any atom is 0.271 e. The largest absolute Gasteiger partial charge is 0.461 e. The molecule has 0 radical (unpaired) electrons. The lowest BCUT2D eigenvalue weighted by Crippen LogP contribution is -2.26. The molecule has 1 aromatic heterocycles. The third-order valence-electron chi connectivity index (χ3n) is 4.62. The monoisotopic (exact) mass is 416 g/mol. The van der Waals surface area contributed by atoms with Gasteiger partial charge in [-0.15, -0.1) is 0 Å².